The van der Waals surface area contributed by atoms with Crippen LogP contribution < -0.4 is 5.32 Å². The molecule has 0 spiro atoms. The molecule has 2 fully saturated rings. The predicted molar refractivity (Wildman–Crippen MR) is 124 cm³/mol. The Balaban J connectivity index is 1.53. The van der Waals surface area contributed by atoms with E-state index in [0.29, 0.717) is 6.42 Å². The molecule has 0 bridgehead atoms. The number of hydrogen-bond donors (Lipinski definition) is 1. The fraction of sp³-hybridized carbons (Fsp3) is 0.480. The summed E-state index contributed by atoms with van der Waals surface area (Å²) in [6.45, 7) is 2.26. The van der Waals surface area contributed by atoms with E-state index >= 15 is 0 Å². The van der Waals surface area contributed by atoms with Gasteiger partial charge < -0.3 is 4.90 Å². The topological polar surface area (TPSA) is 66.5 Å². The Morgan fingerprint density at radius 2 is 1.61 bits per heavy atom. The van der Waals surface area contributed by atoms with Crippen LogP contribution in [0.5, 0.6) is 0 Å². The minimum Gasteiger partial charge on any atom is -0.335 e. The van der Waals surface area contributed by atoms with Crippen LogP contribution in [0.4, 0.5) is 0 Å². The summed E-state index contributed by atoms with van der Waals surface area (Å²) in [5.41, 5.74) is 3.41. The number of amides is 1. The van der Waals surface area contributed by atoms with Crippen molar-refractivity contribution in [2.45, 2.75) is 57.2 Å². The van der Waals surface area contributed by atoms with E-state index in [1.165, 1.54) is 5.56 Å². The van der Waals surface area contributed by atoms with Gasteiger partial charge in [0.05, 0.1) is 24.1 Å². The molecule has 2 aromatic carbocycles. The van der Waals surface area contributed by atoms with Gasteiger partial charge in [0, 0.05) is 12.1 Å². The highest BCUT2D eigenvalue weighted by molar-refractivity contribution is 7.91. The van der Waals surface area contributed by atoms with Gasteiger partial charge in [-0.2, -0.15) is 0 Å². The highest BCUT2D eigenvalue weighted by Crippen LogP contribution is 2.29. The maximum absolute atomic E-state index is 13.4. The maximum atomic E-state index is 13.4. The molecule has 1 aliphatic carbocycles. The smallest absolute Gasteiger partial charge is 0.237 e. The molecule has 1 saturated carbocycles. The molecule has 31 heavy (non-hydrogen) atoms. The summed E-state index contributed by atoms with van der Waals surface area (Å²) in [5, 5.41) is 3.48. The van der Waals surface area contributed by atoms with Crippen molar-refractivity contribution >= 4 is 15.7 Å². The molecule has 2 aliphatic rings. The van der Waals surface area contributed by atoms with E-state index in [2.05, 4.69) is 48.6 Å². The summed E-state index contributed by atoms with van der Waals surface area (Å²) < 4.78 is 24.2. The van der Waals surface area contributed by atoms with E-state index in [4.69, 9.17) is 0 Å². The maximum Gasteiger partial charge on any atom is 0.237 e. The Hall–Kier alpha value is -2.18. The fourth-order valence-electron chi connectivity index (χ4n) is 5.00. The van der Waals surface area contributed by atoms with Crippen molar-refractivity contribution < 1.29 is 13.2 Å². The zero-order valence-electron chi connectivity index (χ0n) is 18.2. The minimum atomic E-state index is -3.04. The van der Waals surface area contributed by atoms with Crippen molar-refractivity contribution in [1.29, 1.82) is 0 Å². The van der Waals surface area contributed by atoms with Crippen LogP contribution in [0.1, 0.15) is 54.8 Å². The van der Waals surface area contributed by atoms with Gasteiger partial charge in [0.25, 0.3) is 0 Å². The Labute approximate surface area is 185 Å². The van der Waals surface area contributed by atoms with Crippen molar-refractivity contribution in [3.63, 3.8) is 0 Å². The Morgan fingerprint density at radius 1 is 0.968 bits per heavy atom. The van der Waals surface area contributed by atoms with Crippen LogP contribution in [0.15, 0.2) is 54.6 Å². The van der Waals surface area contributed by atoms with E-state index in [0.717, 1.165) is 36.8 Å². The summed E-state index contributed by atoms with van der Waals surface area (Å²) in [6, 6.07) is 18.4. The monoisotopic (exact) mass is 440 g/mol. The summed E-state index contributed by atoms with van der Waals surface area (Å²) in [5.74, 6) is 0.314. The highest BCUT2D eigenvalue weighted by Gasteiger charge is 2.39. The van der Waals surface area contributed by atoms with Crippen LogP contribution >= 0.6 is 0 Å². The Morgan fingerprint density at radius 3 is 2.23 bits per heavy atom. The molecule has 4 rings (SSSR count). The summed E-state index contributed by atoms with van der Waals surface area (Å²) in [7, 11) is -3.04. The Bertz CT molecular complexity index is 983. The fourth-order valence-corrected chi connectivity index (χ4v) is 6.71. The normalized spacial score (nSPS) is 21.8. The zero-order chi connectivity index (χ0) is 21.8. The quantitative estimate of drug-likeness (QED) is 0.714. The number of carbonyl (C=O) groups is 1. The average molecular weight is 441 g/mol. The minimum absolute atomic E-state index is 0.0158. The number of benzene rings is 2. The van der Waals surface area contributed by atoms with Crippen LogP contribution in [0.2, 0.25) is 0 Å². The first-order valence-corrected chi connectivity index (χ1v) is 13.1. The first kappa shape index (κ1) is 22.0. The van der Waals surface area contributed by atoms with Crippen molar-refractivity contribution in [2.75, 3.05) is 18.1 Å². The molecule has 166 valence electrons. The lowest BCUT2D eigenvalue weighted by Gasteiger charge is -2.34. The van der Waals surface area contributed by atoms with Crippen LogP contribution in [0.25, 0.3) is 0 Å². The SMILES string of the molecule is Cc1ccc([C@H](NCC(=O)N(C2CCCC2)[C@H]2CCS(=O)(=O)C2)c2ccccc2)cc1. The molecule has 1 N–H and O–H groups in total. The first-order chi connectivity index (χ1) is 14.9. The van der Waals surface area contributed by atoms with Crippen molar-refractivity contribution in [3.8, 4) is 0 Å². The lowest BCUT2D eigenvalue weighted by atomic mass is 9.97. The van der Waals surface area contributed by atoms with Gasteiger partial charge >= 0.3 is 0 Å². The second kappa shape index (κ2) is 9.53. The third kappa shape index (κ3) is 5.36. The third-order valence-corrected chi connectivity index (χ3v) is 8.36. The van der Waals surface area contributed by atoms with Gasteiger partial charge in [-0.3, -0.25) is 10.1 Å². The summed E-state index contributed by atoms with van der Waals surface area (Å²) >= 11 is 0. The van der Waals surface area contributed by atoms with Crippen molar-refractivity contribution in [1.82, 2.24) is 10.2 Å². The van der Waals surface area contributed by atoms with E-state index in [-0.39, 0.29) is 42.1 Å². The van der Waals surface area contributed by atoms with Crippen LogP contribution in [0, 0.1) is 6.92 Å². The molecule has 1 heterocycles. The van der Waals surface area contributed by atoms with Gasteiger partial charge in [-0.05, 0) is 37.3 Å². The first-order valence-electron chi connectivity index (χ1n) is 11.3. The third-order valence-electron chi connectivity index (χ3n) is 6.61. The number of aryl methyl sites for hydroxylation is 1. The van der Waals surface area contributed by atoms with Gasteiger partial charge in [-0.1, -0.05) is 73.0 Å². The highest BCUT2D eigenvalue weighted by atomic mass is 32.2. The number of hydrogen-bond acceptors (Lipinski definition) is 4. The molecule has 0 unspecified atom stereocenters. The van der Waals surface area contributed by atoms with Crippen LogP contribution in [-0.2, 0) is 14.6 Å². The van der Waals surface area contributed by atoms with E-state index in [1.54, 1.807) is 0 Å². The molecule has 0 aromatic heterocycles. The zero-order valence-corrected chi connectivity index (χ0v) is 19.0. The van der Waals surface area contributed by atoms with E-state index in [1.807, 2.05) is 23.1 Å². The molecule has 2 atom stereocenters. The van der Waals surface area contributed by atoms with Gasteiger partial charge in [0.15, 0.2) is 9.84 Å². The molecule has 6 heteroatoms. The van der Waals surface area contributed by atoms with E-state index in [9.17, 15) is 13.2 Å². The van der Waals surface area contributed by atoms with Gasteiger partial charge in [0.1, 0.15) is 0 Å². The lowest BCUT2D eigenvalue weighted by molar-refractivity contribution is -0.134. The Kier molecular flexibility index (Phi) is 6.77. The number of rotatable bonds is 7. The molecule has 0 radical (unpaired) electrons. The van der Waals surface area contributed by atoms with Gasteiger partial charge in [-0.15, -0.1) is 0 Å². The summed E-state index contributed by atoms with van der Waals surface area (Å²) in [6.07, 6.45) is 4.73. The average Bonchev–Trinajstić information content (AvgIpc) is 3.40. The molecular formula is C25H32N2O3S. The van der Waals surface area contributed by atoms with Crippen molar-refractivity contribution in [2.24, 2.45) is 0 Å². The number of carbonyl (C=O) groups excluding carboxylic acids is 1. The molecule has 5 nitrogen and oxygen atoms in total. The molecule has 1 aliphatic heterocycles. The lowest BCUT2D eigenvalue weighted by Crippen LogP contribution is -2.50. The predicted octanol–water partition coefficient (Wildman–Crippen LogP) is 3.63. The number of nitrogens with zero attached hydrogens (tertiary/aromatic N) is 1. The largest absolute Gasteiger partial charge is 0.335 e. The van der Waals surface area contributed by atoms with Gasteiger partial charge in [0.2, 0.25) is 5.91 Å². The standard InChI is InChI=1S/C25H32N2O3S/c1-19-11-13-21(14-12-19)25(20-7-3-2-4-8-20)26-17-24(28)27(22-9-5-6-10-22)23-15-16-31(29,30)18-23/h2-4,7-8,11-14,22-23,25-26H,5-6,9-10,15-18H2,1H3/t23-,25+/m0/s1. The van der Waals surface area contributed by atoms with Gasteiger partial charge in [-0.25, -0.2) is 8.42 Å². The van der Waals surface area contributed by atoms with Crippen LogP contribution in [0.3, 0.4) is 0 Å². The molecule has 2 aromatic rings. The second-order valence-electron chi connectivity index (χ2n) is 8.93. The second-order valence-corrected chi connectivity index (χ2v) is 11.2. The number of sulfone groups is 1. The molecule has 1 saturated heterocycles. The number of nitrogens with one attached hydrogen (secondary N) is 1. The summed E-state index contributed by atoms with van der Waals surface area (Å²) in [4.78, 5) is 15.3. The van der Waals surface area contributed by atoms with Crippen LogP contribution in [-0.4, -0.2) is 49.4 Å². The molecule has 1 amide bonds. The molecular weight excluding hydrogens is 408 g/mol. The van der Waals surface area contributed by atoms with Crippen molar-refractivity contribution in [3.05, 3.63) is 71.3 Å². The van der Waals surface area contributed by atoms with E-state index < -0.39 is 9.84 Å².